The average Bonchev–Trinajstić information content (AvgIpc) is 2.62. The Morgan fingerprint density at radius 3 is 2.50 bits per heavy atom. The maximum Gasteiger partial charge on any atom is 0.258 e. The summed E-state index contributed by atoms with van der Waals surface area (Å²) in [6.45, 7) is 0.936. The normalized spacial score (nSPS) is 17.5. The Labute approximate surface area is 138 Å². The molecular weight excluding hydrogens is 316 g/mol. The van der Waals surface area contributed by atoms with Crippen LogP contribution in [0.2, 0.25) is 0 Å². The number of hydrogen-bond acceptors (Lipinski definition) is 3. The lowest BCUT2D eigenvalue weighted by Gasteiger charge is -2.29. The smallest absolute Gasteiger partial charge is 0.258 e. The minimum atomic E-state index is -0.754. The van der Waals surface area contributed by atoms with Gasteiger partial charge in [0.1, 0.15) is 11.6 Å². The molecule has 1 fully saturated rings. The zero-order valence-electron chi connectivity index (χ0n) is 13.0. The Hall–Kier alpha value is -2.31. The number of amides is 1. The molecule has 2 aromatic rings. The molecule has 126 valence electrons. The van der Waals surface area contributed by atoms with Gasteiger partial charge in [-0.25, -0.2) is 8.78 Å². The van der Waals surface area contributed by atoms with Crippen LogP contribution in [0.3, 0.4) is 0 Å². The van der Waals surface area contributed by atoms with Crippen LogP contribution in [-0.4, -0.2) is 31.8 Å². The van der Waals surface area contributed by atoms with Gasteiger partial charge in [-0.2, -0.15) is 0 Å². The Balaban J connectivity index is 1.89. The minimum absolute atomic E-state index is 0.0248. The number of carbonyl (C=O) groups is 1. The molecule has 0 spiro atoms. The monoisotopic (exact) mass is 333 g/mol. The van der Waals surface area contributed by atoms with Gasteiger partial charge in [0, 0.05) is 11.3 Å². The van der Waals surface area contributed by atoms with E-state index in [4.69, 9.17) is 9.47 Å². The first-order valence-corrected chi connectivity index (χ1v) is 7.65. The van der Waals surface area contributed by atoms with Gasteiger partial charge in [0.05, 0.1) is 26.4 Å². The van der Waals surface area contributed by atoms with E-state index in [0.29, 0.717) is 24.5 Å². The SMILES string of the molecule is O=C(C1COCCO1)N(Cc1ccccc1F)c1ccc(F)cc1. The minimum Gasteiger partial charge on any atom is -0.376 e. The second-order valence-corrected chi connectivity index (χ2v) is 5.43. The number of rotatable bonds is 4. The summed E-state index contributed by atoms with van der Waals surface area (Å²) in [7, 11) is 0. The van der Waals surface area contributed by atoms with E-state index in [-0.39, 0.29) is 19.1 Å². The van der Waals surface area contributed by atoms with E-state index < -0.39 is 17.7 Å². The summed E-state index contributed by atoms with van der Waals surface area (Å²) < 4.78 is 37.9. The standard InChI is InChI=1S/C18H17F2NO3/c19-14-5-7-15(8-6-14)21(11-13-3-1-2-4-16(13)20)18(22)17-12-23-9-10-24-17/h1-8,17H,9-12H2. The molecule has 2 aromatic carbocycles. The largest absolute Gasteiger partial charge is 0.376 e. The van der Waals surface area contributed by atoms with Crippen LogP contribution < -0.4 is 4.90 Å². The number of benzene rings is 2. The summed E-state index contributed by atoms with van der Waals surface area (Å²) in [5.74, 6) is -1.16. The molecule has 0 aliphatic carbocycles. The lowest BCUT2D eigenvalue weighted by Crippen LogP contribution is -2.45. The molecule has 1 heterocycles. The van der Waals surface area contributed by atoms with E-state index in [9.17, 15) is 13.6 Å². The Bertz CT molecular complexity index is 700. The summed E-state index contributed by atoms with van der Waals surface area (Å²) in [6, 6.07) is 11.7. The van der Waals surface area contributed by atoms with Crippen LogP contribution in [0.1, 0.15) is 5.56 Å². The van der Waals surface area contributed by atoms with Crippen LogP contribution in [0, 0.1) is 11.6 Å². The predicted octanol–water partition coefficient (Wildman–Crippen LogP) is 2.91. The molecular formula is C18H17F2NO3. The van der Waals surface area contributed by atoms with Gasteiger partial charge in [0.25, 0.3) is 5.91 Å². The zero-order chi connectivity index (χ0) is 16.9. The van der Waals surface area contributed by atoms with Crippen molar-refractivity contribution in [3.63, 3.8) is 0 Å². The summed E-state index contributed by atoms with van der Waals surface area (Å²) >= 11 is 0. The van der Waals surface area contributed by atoms with Crippen molar-refractivity contribution < 1.29 is 23.0 Å². The van der Waals surface area contributed by atoms with Crippen molar-refractivity contribution in [3.8, 4) is 0 Å². The number of ether oxygens (including phenoxy) is 2. The quantitative estimate of drug-likeness (QED) is 0.864. The third-order valence-corrected chi connectivity index (χ3v) is 3.78. The molecule has 0 saturated carbocycles. The summed E-state index contributed by atoms with van der Waals surface area (Å²) in [6.07, 6.45) is -0.754. The van der Waals surface area contributed by atoms with Crippen molar-refractivity contribution in [2.45, 2.75) is 12.6 Å². The van der Waals surface area contributed by atoms with Crippen LogP contribution in [0.4, 0.5) is 14.5 Å². The number of halogens is 2. The first-order chi connectivity index (χ1) is 11.6. The molecule has 1 atom stereocenters. The molecule has 24 heavy (non-hydrogen) atoms. The molecule has 3 rings (SSSR count). The molecule has 0 radical (unpaired) electrons. The third kappa shape index (κ3) is 3.77. The van der Waals surface area contributed by atoms with Crippen LogP contribution in [0.15, 0.2) is 48.5 Å². The van der Waals surface area contributed by atoms with E-state index >= 15 is 0 Å². The van der Waals surface area contributed by atoms with Gasteiger partial charge < -0.3 is 14.4 Å². The molecule has 1 saturated heterocycles. The van der Waals surface area contributed by atoms with Gasteiger partial charge in [0.15, 0.2) is 6.10 Å². The first kappa shape index (κ1) is 16.5. The summed E-state index contributed by atoms with van der Waals surface area (Å²) in [5, 5.41) is 0. The van der Waals surface area contributed by atoms with Crippen LogP contribution >= 0.6 is 0 Å². The highest BCUT2D eigenvalue weighted by Crippen LogP contribution is 2.21. The molecule has 1 unspecified atom stereocenters. The summed E-state index contributed by atoms with van der Waals surface area (Å²) in [4.78, 5) is 14.2. The highest BCUT2D eigenvalue weighted by atomic mass is 19.1. The van der Waals surface area contributed by atoms with Crippen molar-refractivity contribution >= 4 is 11.6 Å². The fourth-order valence-corrected chi connectivity index (χ4v) is 2.52. The molecule has 4 nitrogen and oxygen atoms in total. The highest BCUT2D eigenvalue weighted by Gasteiger charge is 2.29. The number of carbonyl (C=O) groups excluding carboxylic acids is 1. The van der Waals surface area contributed by atoms with Crippen molar-refractivity contribution in [3.05, 3.63) is 65.7 Å². The third-order valence-electron chi connectivity index (χ3n) is 3.78. The van der Waals surface area contributed by atoms with Crippen molar-refractivity contribution in [1.29, 1.82) is 0 Å². The molecule has 0 bridgehead atoms. The van der Waals surface area contributed by atoms with E-state index in [1.165, 1.54) is 35.2 Å². The van der Waals surface area contributed by atoms with E-state index in [1.807, 2.05) is 0 Å². The zero-order valence-corrected chi connectivity index (χ0v) is 13.0. The van der Waals surface area contributed by atoms with Gasteiger partial charge in [-0.15, -0.1) is 0 Å². The topological polar surface area (TPSA) is 38.8 Å². The average molecular weight is 333 g/mol. The van der Waals surface area contributed by atoms with Gasteiger partial charge in [-0.3, -0.25) is 4.79 Å². The Morgan fingerprint density at radius 2 is 1.83 bits per heavy atom. The maximum atomic E-state index is 14.0. The first-order valence-electron chi connectivity index (χ1n) is 7.65. The van der Waals surface area contributed by atoms with E-state index in [0.717, 1.165) is 0 Å². The van der Waals surface area contributed by atoms with Crippen LogP contribution in [0.5, 0.6) is 0 Å². The van der Waals surface area contributed by atoms with Crippen molar-refractivity contribution in [1.82, 2.24) is 0 Å². The van der Waals surface area contributed by atoms with E-state index in [1.54, 1.807) is 18.2 Å². The second-order valence-electron chi connectivity index (χ2n) is 5.43. The second kappa shape index (κ2) is 7.51. The lowest BCUT2D eigenvalue weighted by atomic mass is 10.1. The van der Waals surface area contributed by atoms with Gasteiger partial charge in [0.2, 0.25) is 0 Å². The molecule has 1 aliphatic heterocycles. The Morgan fingerprint density at radius 1 is 1.08 bits per heavy atom. The van der Waals surface area contributed by atoms with Crippen molar-refractivity contribution in [2.24, 2.45) is 0 Å². The fourth-order valence-electron chi connectivity index (χ4n) is 2.52. The molecule has 0 aromatic heterocycles. The highest BCUT2D eigenvalue weighted by molar-refractivity contribution is 5.96. The van der Waals surface area contributed by atoms with Crippen molar-refractivity contribution in [2.75, 3.05) is 24.7 Å². The Kier molecular flexibility index (Phi) is 5.17. The molecule has 0 N–H and O–H groups in total. The fraction of sp³-hybridized carbons (Fsp3) is 0.278. The van der Waals surface area contributed by atoms with E-state index in [2.05, 4.69) is 0 Å². The van der Waals surface area contributed by atoms with Crippen LogP contribution in [-0.2, 0) is 20.8 Å². The molecule has 1 aliphatic rings. The van der Waals surface area contributed by atoms with Gasteiger partial charge in [-0.05, 0) is 30.3 Å². The summed E-state index contributed by atoms with van der Waals surface area (Å²) in [5.41, 5.74) is 0.839. The van der Waals surface area contributed by atoms with Crippen LogP contribution in [0.25, 0.3) is 0 Å². The molecule has 1 amide bonds. The maximum absolute atomic E-state index is 14.0. The van der Waals surface area contributed by atoms with Gasteiger partial charge in [-0.1, -0.05) is 18.2 Å². The number of hydrogen-bond donors (Lipinski definition) is 0. The molecule has 6 heteroatoms. The lowest BCUT2D eigenvalue weighted by molar-refractivity contribution is -0.144. The van der Waals surface area contributed by atoms with Gasteiger partial charge >= 0.3 is 0 Å². The number of nitrogens with zero attached hydrogens (tertiary/aromatic N) is 1. The number of anilines is 1. The predicted molar refractivity (Wildman–Crippen MR) is 84.5 cm³/mol.